The first-order chi connectivity index (χ1) is 8.24. The molecule has 1 saturated carbocycles. The van der Waals surface area contributed by atoms with Crippen molar-refractivity contribution in [3.8, 4) is 5.75 Å². The first-order valence-electron chi connectivity index (χ1n) is 6.33. The average molecular weight is 360 g/mol. The molecule has 1 atom stereocenters. The van der Waals surface area contributed by atoms with Gasteiger partial charge in [-0.1, -0.05) is 51.1 Å². The Labute approximate surface area is 119 Å². The van der Waals surface area contributed by atoms with E-state index in [2.05, 4.69) is 44.0 Å². The van der Waals surface area contributed by atoms with Crippen molar-refractivity contribution in [2.24, 2.45) is 5.92 Å². The molecule has 17 heavy (non-hydrogen) atoms. The molecule has 3 heteroatoms. The fourth-order valence-electron chi connectivity index (χ4n) is 2.68. The van der Waals surface area contributed by atoms with Crippen LogP contribution in [0.1, 0.15) is 41.6 Å². The predicted octanol–water partition coefficient (Wildman–Crippen LogP) is 5.01. The van der Waals surface area contributed by atoms with Gasteiger partial charge in [-0.2, -0.15) is 0 Å². The molecule has 0 aromatic heterocycles. The molecule has 1 unspecified atom stereocenters. The molecule has 1 fully saturated rings. The van der Waals surface area contributed by atoms with E-state index in [9.17, 15) is 0 Å². The van der Waals surface area contributed by atoms with Gasteiger partial charge in [-0.15, -0.1) is 0 Å². The SMILES string of the molecule is Brc1cc2c(c(C(Br)CC3CCC3)c1)OCC2. The third-order valence-corrected chi connectivity index (χ3v) is 5.20. The molecule has 3 rings (SSSR count). The molecule has 0 amide bonds. The van der Waals surface area contributed by atoms with Crippen molar-refractivity contribution >= 4 is 31.9 Å². The van der Waals surface area contributed by atoms with Crippen molar-refractivity contribution < 1.29 is 4.74 Å². The van der Waals surface area contributed by atoms with Crippen LogP contribution in [0.5, 0.6) is 5.75 Å². The summed E-state index contributed by atoms with van der Waals surface area (Å²) in [4.78, 5) is 0.442. The molecule has 1 aromatic rings. The molecule has 1 aromatic carbocycles. The smallest absolute Gasteiger partial charge is 0.127 e. The van der Waals surface area contributed by atoms with Crippen molar-refractivity contribution in [3.63, 3.8) is 0 Å². The lowest BCUT2D eigenvalue weighted by Gasteiger charge is -2.28. The van der Waals surface area contributed by atoms with E-state index in [0.717, 1.165) is 24.7 Å². The minimum atomic E-state index is 0.442. The van der Waals surface area contributed by atoms with Crippen LogP contribution in [0.2, 0.25) is 0 Å². The van der Waals surface area contributed by atoms with E-state index >= 15 is 0 Å². The highest BCUT2D eigenvalue weighted by Crippen LogP contribution is 2.44. The fourth-order valence-corrected chi connectivity index (χ4v) is 4.07. The van der Waals surface area contributed by atoms with Crippen LogP contribution < -0.4 is 4.74 Å². The third kappa shape index (κ3) is 2.41. The largest absolute Gasteiger partial charge is 0.493 e. The lowest BCUT2D eigenvalue weighted by molar-refractivity contribution is 0.293. The van der Waals surface area contributed by atoms with Crippen LogP contribution in [-0.2, 0) is 6.42 Å². The summed E-state index contributed by atoms with van der Waals surface area (Å²) in [6.45, 7) is 0.835. The first-order valence-corrected chi connectivity index (χ1v) is 8.04. The van der Waals surface area contributed by atoms with Gasteiger partial charge in [0.25, 0.3) is 0 Å². The van der Waals surface area contributed by atoms with Gasteiger partial charge >= 0.3 is 0 Å². The standard InChI is InChI=1S/C14H16Br2O/c15-11-7-10-4-5-17-14(10)12(8-11)13(16)6-9-2-1-3-9/h7-9,13H,1-6H2. The summed E-state index contributed by atoms with van der Waals surface area (Å²) >= 11 is 7.45. The van der Waals surface area contributed by atoms with Crippen LogP contribution in [0.4, 0.5) is 0 Å². The summed E-state index contributed by atoms with van der Waals surface area (Å²) in [5.41, 5.74) is 2.69. The van der Waals surface area contributed by atoms with Crippen molar-refractivity contribution in [2.45, 2.75) is 36.9 Å². The zero-order valence-electron chi connectivity index (χ0n) is 9.72. The maximum absolute atomic E-state index is 5.79. The molecule has 0 radical (unpaired) electrons. The van der Waals surface area contributed by atoms with Gasteiger partial charge in [-0.05, 0) is 30.0 Å². The maximum Gasteiger partial charge on any atom is 0.127 e. The molecule has 0 N–H and O–H groups in total. The zero-order valence-corrected chi connectivity index (χ0v) is 12.9. The number of alkyl halides is 1. The highest BCUT2D eigenvalue weighted by atomic mass is 79.9. The van der Waals surface area contributed by atoms with E-state index in [1.807, 2.05) is 0 Å². The van der Waals surface area contributed by atoms with E-state index in [-0.39, 0.29) is 0 Å². The molecule has 0 bridgehead atoms. The van der Waals surface area contributed by atoms with Crippen LogP contribution in [-0.4, -0.2) is 6.61 Å². The van der Waals surface area contributed by atoms with Gasteiger partial charge in [0.15, 0.2) is 0 Å². The molecule has 92 valence electrons. The summed E-state index contributed by atoms with van der Waals surface area (Å²) in [5.74, 6) is 2.05. The maximum atomic E-state index is 5.79. The van der Waals surface area contributed by atoms with Crippen LogP contribution in [0.25, 0.3) is 0 Å². The monoisotopic (exact) mass is 358 g/mol. The Morgan fingerprint density at radius 3 is 2.88 bits per heavy atom. The molecular weight excluding hydrogens is 344 g/mol. The average Bonchev–Trinajstić information content (AvgIpc) is 2.69. The van der Waals surface area contributed by atoms with Gasteiger partial charge in [-0.25, -0.2) is 0 Å². The predicted molar refractivity (Wildman–Crippen MR) is 77.0 cm³/mol. The van der Waals surface area contributed by atoms with Gasteiger partial charge in [0.05, 0.1) is 6.61 Å². The van der Waals surface area contributed by atoms with Gasteiger partial charge in [0, 0.05) is 21.3 Å². The van der Waals surface area contributed by atoms with Crippen LogP contribution in [0.15, 0.2) is 16.6 Å². The minimum Gasteiger partial charge on any atom is -0.493 e. The van der Waals surface area contributed by atoms with E-state index in [0.29, 0.717) is 4.83 Å². The molecule has 2 aliphatic rings. The zero-order chi connectivity index (χ0) is 11.8. The van der Waals surface area contributed by atoms with Crippen LogP contribution >= 0.6 is 31.9 Å². The lowest BCUT2D eigenvalue weighted by atomic mass is 9.81. The Morgan fingerprint density at radius 2 is 2.18 bits per heavy atom. The van der Waals surface area contributed by atoms with E-state index in [4.69, 9.17) is 4.74 Å². The van der Waals surface area contributed by atoms with Gasteiger partial charge < -0.3 is 4.74 Å². The number of fused-ring (bicyclic) bond motifs is 1. The van der Waals surface area contributed by atoms with E-state index in [1.165, 1.54) is 41.3 Å². The first kappa shape index (κ1) is 12.0. The van der Waals surface area contributed by atoms with Crippen molar-refractivity contribution in [3.05, 3.63) is 27.7 Å². The number of ether oxygens (including phenoxy) is 1. The summed E-state index contributed by atoms with van der Waals surface area (Å²) in [7, 11) is 0. The van der Waals surface area contributed by atoms with Gasteiger partial charge in [0.1, 0.15) is 5.75 Å². The number of rotatable bonds is 3. The second kappa shape index (κ2) is 4.93. The Kier molecular flexibility index (Phi) is 3.49. The summed E-state index contributed by atoms with van der Waals surface area (Å²) < 4.78 is 6.96. The fraction of sp³-hybridized carbons (Fsp3) is 0.571. The van der Waals surface area contributed by atoms with Gasteiger partial charge in [0.2, 0.25) is 0 Å². The van der Waals surface area contributed by atoms with Crippen LogP contribution in [0, 0.1) is 5.92 Å². The minimum absolute atomic E-state index is 0.442. The number of benzene rings is 1. The molecule has 1 nitrogen and oxygen atoms in total. The lowest BCUT2D eigenvalue weighted by Crippen LogP contribution is -2.13. The third-order valence-electron chi connectivity index (χ3n) is 3.88. The summed E-state index contributed by atoms with van der Waals surface area (Å²) in [5, 5.41) is 0. The molecule has 0 saturated heterocycles. The summed E-state index contributed by atoms with van der Waals surface area (Å²) in [6, 6.07) is 4.40. The number of halogens is 2. The Morgan fingerprint density at radius 1 is 1.35 bits per heavy atom. The van der Waals surface area contributed by atoms with Crippen molar-refractivity contribution in [1.29, 1.82) is 0 Å². The Bertz CT molecular complexity index is 426. The quantitative estimate of drug-likeness (QED) is 0.689. The normalized spacial score (nSPS) is 20.6. The molecule has 1 heterocycles. The second-order valence-electron chi connectivity index (χ2n) is 5.08. The summed E-state index contributed by atoms with van der Waals surface area (Å²) in [6.07, 6.45) is 6.51. The van der Waals surface area contributed by atoms with Crippen molar-refractivity contribution in [2.75, 3.05) is 6.61 Å². The molecule has 1 aliphatic heterocycles. The van der Waals surface area contributed by atoms with Crippen molar-refractivity contribution in [1.82, 2.24) is 0 Å². The molecule has 1 aliphatic carbocycles. The van der Waals surface area contributed by atoms with E-state index in [1.54, 1.807) is 0 Å². The molecular formula is C14H16Br2O. The second-order valence-corrected chi connectivity index (χ2v) is 7.10. The molecule has 0 spiro atoms. The number of hydrogen-bond donors (Lipinski definition) is 0. The number of hydrogen-bond acceptors (Lipinski definition) is 1. The highest BCUT2D eigenvalue weighted by Gasteiger charge is 2.26. The Balaban J connectivity index is 1.85. The van der Waals surface area contributed by atoms with Gasteiger partial charge in [-0.3, -0.25) is 0 Å². The van der Waals surface area contributed by atoms with Crippen LogP contribution in [0.3, 0.4) is 0 Å². The van der Waals surface area contributed by atoms with E-state index < -0.39 is 0 Å². The topological polar surface area (TPSA) is 9.23 Å². The Hall–Kier alpha value is -0.0200. The highest BCUT2D eigenvalue weighted by molar-refractivity contribution is 9.10.